The lowest BCUT2D eigenvalue weighted by Crippen LogP contribution is -2.53. The molecule has 3 heterocycles. The Balaban J connectivity index is 2.10. The Labute approximate surface area is 200 Å². The second kappa shape index (κ2) is 8.40. The third-order valence-electron chi connectivity index (χ3n) is 7.73. The van der Waals surface area contributed by atoms with E-state index in [9.17, 15) is 0 Å². The van der Waals surface area contributed by atoms with Gasteiger partial charge < -0.3 is 19.3 Å². The first-order valence-electron chi connectivity index (χ1n) is 11.8. The van der Waals surface area contributed by atoms with Crippen LogP contribution in [0.25, 0.3) is 11.2 Å². The molecule has 0 aliphatic carbocycles. The van der Waals surface area contributed by atoms with Gasteiger partial charge in [0.2, 0.25) is 0 Å². The van der Waals surface area contributed by atoms with Crippen LogP contribution in [-0.4, -0.2) is 54.5 Å². The molecule has 0 amide bonds. The molecular formula is C23H43N5O3Si2. The van der Waals surface area contributed by atoms with E-state index >= 15 is 0 Å². The maximum absolute atomic E-state index is 7.04. The highest BCUT2D eigenvalue weighted by molar-refractivity contribution is 6.74. The van der Waals surface area contributed by atoms with Crippen molar-refractivity contribution in [1.82, 2.24) is 19.5 Å². The number of nitrogens with zero attached hydrogens (tertiary/aromatic N) is 4. The fraction of sp³-hybridized carbons (Fsp3) is 0.783. The lowest BCUT2D eigenvalue weighted by Gasteiger charge is -2.44. The molecule has 1 aliphatic rings. The van der Waals surface area contributed by atoms with E-state index in [0.29, 0.717) is 22.8 Å². The van der Waals surface area contributed by atoms with Gasteiger partial charge in [-0.1, -0.05) is 41.5 Å². The fourth-order valence-corrected chi connectivity index (χ4v) is 6.23. The van der Waals surface area contributed by atoms with Gasteiger partial charge in [0, 0.05) is 0 Å². The fourth-order valence-electron chi connectivity index (χ4n) is 3.59. The zero-order valence-corrected chi connectivity index (χ0v) is 24.5. The molecule has 2 aromatic rings. The van der Waals surface area contributed by atoms with Crippen LogP contribution in [0, 0.1) is 6.92 Å². The number of imidazole rings is 1. The minimum atomic E-state index is -2.14. The number of aromatic nitrogens is 4. The van der Waals surface area contributed by atoms with E-state index in [4.69, 9.17) is 19.3 Å². The van der Waals surface area contributed by atoms with Gasteiger partial charge in [-0.15, -0.1) is 0 Å². The number of rotatable bonds is 5. The Morgan fingerprint density at radius 3 is 1.97 bits per heavy atom. The summed E-state index contributed by atoms with van der Waals surface area (Å²) in [5.74, 6) is 0.974. The highest BCUT2D eigenvalue weighted by Gasteiger charge is 2.53. The minimum absolute atomic E-state index is 0.0467. The van der Waals surface area contributed by atoms with Crippen LogP contribution >= 0.6 is 0 Å². The molecule has 8 nitrogen and oxygen atoms in total. The number of fused-ring (bicyclic) bond motifs is 1. The summed E-state index contributed by atoms with van der Waals surface area (Å²) in [5, 5.41) is 0.123. The molecule has 1 unspecified atom stereocenters. The van der Waals surface area contributed by atoms with Crippen molar-refractivity contribution < 1.29 is 13.6 Å². The summed E-state index contributed by atoms with van der Waals surface area (Å²) in [6.45, 7) is 26.5. The summed E-state index contributed by atoms with van der Waals surface area (Å²) in [6.07, 6.45) is 0.703. The predicted octanol–water partition coefficient (Wildman–Crippen LogP) is 5.42. The number of aryl methyl sites for hydroxylation is 1. The number of nitrogens with two attached hydrogens (primary N) is 1. The molecule has 186 valence electrons. The molecule has 0 radical (unpaired) electrons. The van der Waals surface area contributed by atoms with E-state index in [2.05, 4.69) is 89.6 Å². The van der Waals surface area contributed by atoms with Crippen LogP contribution in [0.2, 0.25) is 36.3 Å². The van der Waals surface area contributed by atoms with E-state index in [1.165, 1.54) is 0 Å². The summed E-state index contributed by atoms with van der Waals surface area (Å²) in [6, 6.07) is 0. The van der Waals surface area contributed by atoms with Gasteiger partial charge in [-0.05, 0) is 50.1 Å². The molecule has 2 aromatic heterocycles. The molecule has 10 heteroatoms. The molecule has 0 spiro atoms. The topological polar surface area (TPSA) is 97.3 Å². The second-order valence-electron chi connectivity index (χ2n) is 12.4. The Bertz CT molecular complexity index is 1010. The first-order valence-corrected chi connectivity index (χ1v) is 17.6. The second-order valence-corrected chi connectivity index (χ2v) is 21.9. The van der Waals surface area contributed by atoms with Crippen molar-refractivity contribution in [3.63, 3.8) is 0 Å². The van der Waals surface area contributed by atoms with Gasteiger partial charge >= 0.3 is 0 Å². The Hall–Kier alpha value is -1.34. The van der Waals surface area contributed by atoms with Gasteiger partial charge in [0.25, 0.3) is 0 Å². The Morgan fingerprint density at radius 2 is 1.45 bits per heavy atom. The summed E-state index contributed by atoms with van der Waals surface area (Å²) < 4.78 is 22.5. The maximum Gasteiger partial charge on any atom is 0.192 e. The van der Waals surface area contributed by atoms with Crippen molar-refractivity contribution in [3.8, 4) is 0 Å². The molecular weight excluding hydrogens is 450 g/mol. The molecule has 1 aliphatic heterocycles. The monoisotopic (exact) mass is 493 g/mol. The van der Waals surface area contributed by atoms with Crippen LogP contribution in [-0.2, 0) is 13.6 Å². The van der Waals surface area contributed by atoms with Crippen molar-refractivity contribution in [2.45, 2.75) is 116 Å². The average Bonchev–Trinajstić information content (AvgIpc) is 3.15. The van der Waals surface area contributed by atoms with E-state index in [1.54, 1.807) is 6.33 Å². The van der Waals surface area contributed by atoms with E-state index in [0.717, 1.165) is 0 Å². The number of nitrogen functional groups attached to an aromatic ring is 1. The Morgan fingerprint density at radius 1 is 0.939 bits per heavy atom. The number of hydrogen-bond acceptors (Lipinski definition) is 7. The van der Waals surface area contributed by atoms with Crippen LogP contribution in [0.15, 0.2) is 6.33 Å². The minimum Gasteiger partial charge on any atom is -0.409 e. The first-order chi connectivity index (χ1) is 14.9. The Kier molecular flexibility index (Phi) is 6.69. The van der Waals surface area contributed by atoms with Crippen LogP contribution < -0.4 is 5.73 Å². The number of ether oxygens (including phenoxy) is 1. The molecule has 1 saturated heterocycles. The maximum atomic E-state index is 7.04. The predicted molar refractivity (Wildman–Crippen MR) is 138 cm³/mol. The summed E-state index contributed by atoms with van der Waals surface area (Å²) in [7, 11) is -4.22. The summed E-state index contributed by atoms with van der Waals surface area (Å²) in [4.78, 5) is 13.4. The van der Waals surface area contributed by atoms with Crippen molar-refractivity contribution >= 4 is 33.6 Å². The summed E-state index contributed by atoms with van der Waals surface area (Å²) >= 11 is 0. The molecule has 3 rings (SSSR count). The number of hydrogen-bond donors (Lipinski definition) is 1. The van der Waals surface area contributed by atoms with Gasteiger partial charge in [0.15, 0.2) is 34.3 Å². The van der Waals surface area contributed by atoms with Crippen molar-refractivity contribution in [1.29, 1.82) is 0 Å². The molecule has 4 atom stereocenters. The van der Waals surface area contributed by atoms with Gasteiger partial charge in [0.1, 0.15) is 23.5 Å². The SMILES string of the molecule is Cc1nc(N)c2ncn(C3O[C@H](C)[C@@H](O[Si](C)(C)C(C)(C)C)[C@H]3O[Si](C)(C)C(C)(C)C)c2n1. The normalized spacial score (nSPS) is 25.2. The van der Waals surface area contributed by atoms with Crippen molar-refractivity contribution in [3.05, 3.63) is 12.2 Å². The smallest absolute Gasteiger partial charge is 0.192 e. The van der Waals surface area contributed by atoms with Crippen LogP contribution in [0.4, 0.5) is 5.82 Å². The van der Waals surface area contributed by atoms with E-state index in [1.807, 2.05) is 11.5 Å². The summed E-state index contributed by atoms with van der Waals surface area (Å²) in [5.41, 5.74) is 7.38. The van der Waals surface area contributed by atoms with E-state index < -0.39 is 22.9 Å². The molecule has 33 heavy (non-hydrogen) atoms. The van der Waals surface area contributed by atoms with Crippen LogP contribution in [0.3, 0.4) is 0 Å². The van der Waals surface area contributed by atoms with Gasteiger partial charge in [-0.25, -0.2) is 15.0 Å². The quantitative estimate of drug-likeness (QED) is 0.556. The van der Waals surface area contributed by atoms with Crippen LogP contribution in [0.5, 0.6) is 0 Å². The number of anilines is 1. The third kappa shape index (κ3) is 4.91. The van der Waals surface area contributed by atoms with Gasteiger partial charge in [-0.2, -0.15) is 0 Å². The molecule has 0 aromatic carbocycles. The van der Waals surface area contributed by atoms with Gasteiger partial charge in [0.05, 0.1) is 12.4 Å². The average molecular weight is 494 g/mol. The lowest BCUT2D eigenvalue weighted by molar-refractivity contribution is -0.0260. The lowest BCUT2D eigenvalue weighted by atomic mass is 10.1. The molecule has 0 saturated carbocycles. The van der Waals surface area contributed by atoms with E-state index in [-0.39, 0.29) is 28.4 Å². The highest BCUT2D eigenvalue weighted by atomic mass is 28.4. The first kappa shape index (κ1) is 26.3. The molecule has 0 bridgehead atoms. The van der Waals surface area contributed by atoms with Gasteiger partial charge in [-0.3, -0.25) is 4.57 Å². The van der Waals surface area contributed by atoms with Crippen molar-refractivity contribution in [2.24, 2.45) is 0 Å². The molecule has 1 fully saturated rings. The van der Waals surface area contributed by atoms with Crippen LogP contribution in [0.1, 0.15) is 60.5 Å². The third-order valence-corrected chi connectivity index (χ3v) is 16.7. The largest absolute Gasteiger partial charge is 0.409 e. The zero-order valence-electron chi connectivity index (χ0n) is 22.5. The van der Waals surface area contributed by atoms with Crippen molar-refractivity contribution in [2.75, 3.05) is 5.73 Å². The zero-order chi connectivity index (χ0) is 25.1. The molecule has 2 N–H and O–H groups in total. The highest BCUT2D eigenvalue weighted by Crippen LogP contribution is 2.46. The standard InChI is InChI=1S/C23H43N5O3Si2/c1-14-17(30-32(9,10)22(3,4)5)18(31-33(11,12)23(6,7)8)21(29-14)28-13-25-16-19(24)26-15(2)27-20(16)28/h13-14,17-18,21H,1-12H3,(H2,24,26,27)/t14-,17-,18-,21?/m1/s1.